The van der Waals surface area contributed by atoms with Gasteiger partial charge in [-0.05, 0) is 43.0 Å². The Bertz CT molecular complexity index is 914. The first-order valence-electron chi connectivity index (χ1n) is 8.79. The van der Waals surface area contributed by atoms with E-state index in [9.17, 15) is 14.4 Å². The second-order valence-corrected chi connectivity index (χ2v) is 7.55. The molecule has 0 fully saturated rings. The number of hydrazone groups is 1. The summed E-state index contributed by atoms with van der Waals surface area (Å²) < 4.78 is 0. The zero-order chi connectivity index (χ0) is 18.8. The minimum atomic E-state index is -0.513. The second-order valence-electron chi connectivity index (χ2n) is 6.41. The highest BCUT2D eigenvalue weighted by molar-refractivity contribution is 7.14. The number of hydrogen-bond donors (Lipinski definition) is 2. The molecule has 0 saturated carbocycles. The van der Waals surface area contributed by atoms with Gasteiger partial charge in [-0.15, -0.1) is 11.3 Å². The molecule has 0 saturated heterocycles. The van der Waals surface area contributed by atoms with Gasteiger partial charge in [-0.1, -0.05) is 18.2 Å². The van der Waals surface area contributed by atoms with Crippen LogP contribution in [-0.4, -0.2) is 23.4 Å². The summed E-state index contributed by atoms with van der Waals surface area (Å²) in [6, 6.07) is 10.8. The van der Waals surface area contributed by atoms with Crippen LogP contribution in [0.25, 0.3) is 0 Å². The van der Waals surface area contributed by atoms with Crippen LogP contribution in [0.4, 0.5) is 5.69 Å². The van der Waals surface area contributed by atoms with Crippen LogP contribution in [0.2, 0.25) is 0 Å². The Kier molecular flexibility index (Phi) is 4.72. The molecule has 1 aliphatic carbocycles. The SMILES string of the molecule is O=C(NNC(=O)c1cc2c(s1)CCC2)C1=NN(c2ccccc2)C(=O)CC1. The minimum absolute atomic E-state index is 0.171. The predicted molar refractivity (Wildman–Crippen MR) is 103 cm³/mol. The Labute approximate surface area is 160 Å². The Hall–Kier alpha value is -3.00. The van der Waals surface area contributed by atoms with Crippen LogP contribution in [0.3, 0.4) is 0 Å². The van der Waals surface area contributed by atoms with E-state index in [-0.39, 0.29) is 30.4 Å². The van der Waals surface area contributed by atoms with Gasteiger partial charge in [0.05, 0.1) is 10.6 Å². The number of hydrazine groups is 1. The molecule has 4 rings (SSSR count). The van der Waals surface area contributed by atoms with E-state index in [1.165, 1.54) is 26.8 Å². The number of carbonyl (C=O) groups is 3. The van der Waals surface area contributed by atoms with Crippen LogP contribution in [0, 0.1) is 0 Å². The van der Waals surface area contributed by atoms with Crippen LogP contribution in [-0.2, 0) is 22.4 Å². The second kappa shape index (κ2) is 7.32. The summed E-state index contributed by atoms with van der Waals surface area (Å²) in [5.41, 5.74) is 6.87. The van der Waals surface area contributed by atoms with E-state index in [2.05, 4.69) is 16.0 Å². The molecule has 8 heteroatoms. The van der Waals surface area contributed by atoms with Crippen molar-refractivity contribution in [1.29, 1.82) is 0 Å². The van der Waals surface area contributed by atoms with Crippen LogP contribution < -0.4 is 15.9 Å². The van der Waals surface area contributed by atoms with Gasteiger partial charge in [0.15, 0.2) is 0 Å². The highest BCUT2D eigenvalue weighted by Crippen LogP contribution is 2.30. The molecular formula is C19H18N4O3S. The Balaban J connectivity index is 1.41. The molecular weight excluding hydrogens is 364 g/mol. The largest absolute Gasteiger partial charge is 0.285 e. The maximum Gasteiger partial charge on any atom is 0.285 e. The lowest BCUT2D eigenvalue weighted by Crippen LogP contribution is -2.46. The number of hydrogen-bond acceptors (Lipinski definition) is 5. The number of fused-ring (bicyclic) bond motifs is 1. The normalized spacial score (nSPS) is 15.9. The van der Waals surface area contributed by atoms with Crippen molar-refractivity contribution in [3.63, 3.8) is 0 Å². The molecule has 2 heterocycles. The van der Waals surface area contributed by atoms with Gasteiger partial charge in [-0.2, -0.15) is 5.10 Å². The Morgan fingerprint density at radius 2 is 1.78 bits per heavy atom. The first-order chi connectivity index (χ1) is 13.1. The third kappa shape index (κ3) is 3.61. The van der Waals surface area contributed by atoms with Crippen LogP contribution in [0.1, 0.15) is 39.4 Å². The maximum absolute atomic E-state index is 12.4. The zero-order valence-corrected chi connectivity index (χ0v) is 15.3. The highest BCUT2D eigenvalue weighted by Gasteiger charge is 2.26. The van der Waals surface area contributed by atoms with Gasteiger partial charge >= 0.3 is 0 Å². The van der Waals surface area contributed by atoms with E-state index >= 15 is 0 Å². The lowest BCUT2D eigenvalue weighted by atomic mass is 10.1. The highest BCUT2D eigenvalue weighted by atomic mass is 32.1. The van der Waals surface area contributed by atoms with Gasteiger partial charge in [0.2, 0.25) is 5.91 Å². The van der Waals surface area contributed by atoms with E-state index < -0.39 is 5.91 Å². The van der Waals surface area contributed by atoms with E-state index in [1.807, 2.05) is 12.1 Å². The Morgan fingerprint density at radius 3 is 2.56 bits per heavy atom. The van der Waals surface area contributed by atoms with Gasteiger partial charge in [-0.25, -0.2) is 5.01 Å². The number of amides is 3. The Morgan fingerprint density at radius 1 is 1.00 bits per heavy atom. The summed E-state index contributed by atoms with van der Waals surface area (Å²) >= 11 is 1.47. The number of aryl methyl sites for hydroxylation is 2. The van der Waals surface area contributed by atoms with E-state index in [1.54, 1.807) is 24.3 Å². The van der Waals surface area contributed by atoms with Crippen molar-refractivity contribution in [1.82, 2.24) is 10.9 Å². The van der Waals surface area contributed by atoms with E-state index in [0.29, 0.717) is 10.6 Å². The number of nitrogens with zero attached hydrogens (tertiary/aromatic N) is 2. The quantitative estimate of drug-likeness (QED) is 0.797. The lowest BCUT2D eigenvalue weighted by Gasteiger charge is -2.23. The summed E-state index contributed by atoms with van der Waals surface area (Å²) in [7, 11) is 0. The summed E-state index contributed by atoms with van der Waals surface area (Å²) in [5, 5.41) is 5.39. The standard InChI is InChI=1S/C19H18N4O3S/c24-17-10-9-14(22-23(17)13-6-2-1-3-7-13)18(25)20-21-19(26)16-11-12-5-4-8-15(12)27-16/h1-3,6-7,11H,4-5,8-10H2,(H,20,25)(H,21,26). The smallest absolute Gasteiger partial charge is 0.273 e. The molecule has 3 amide bonds. The topological polar surface area (TPSA) is 90.9 Å². The van der Waals surface area contributed by atoms with Crippen LogP contribution in [0.5, 0.6) is 0 Å². The van der Waals surface area contributed by atoms with E-state index in [0.717, 1.165) is 19.3 Å². The lowest BCUT2D eigenvalue weighted by molar-refractivity contribution is -0.119. The van der Waals surface area contributed by atoms with Crippen molar-refractivity contribution in [2.24, 2.45) is 5.10 Å². The summed E-state index contributed by atoms with van der Waals surface area (Å²) in [4.78, 5) is 38.6. The zero-order valence-electron chi connectivity index (χ0n) is 14.5. The average molecular weight is 382 g/mol. The number of thiophene rings is 1. The number of nitrogens with one attached hydrogen (secondary N) is 2. The van der Waals surface area contributed by atoms with Gasteiger partial charge < -0.3 is 0 Å². The molecule has 0 atom stereocenters. The molecule has 2 aromatic rings. The fourth-order valence-corrected chi connectivity index (χ4v) is 4.32. The molecule has 2 N–H and O–H groups in total. The first-order valence-corrected chi connectivity index (χ1v) is 9.61. The fraction of sp³-hybridized carbons (Fsp3) is 0.263. The van der Waals surface area contributed by atoms with Crippen molar-refractivity contribution in [2.45, 2.75) is 32.1 Å². The third-order valence-corrected chi connectivity index (χ3v) is 5.79. The van der Waals surface area contributed by atoms with Crippen molar-refractivity contribution in [3.8, 4) is 0 Å². The van der Waals surface area contributed by atoms with Gasteiger partial charge in [-0.3, -0.25) is 25.2 Å². The van der Waals surface area contributed by atoms with Gasteiger partial charge in [0.25, 0.3) is 11.8 Å². The molecule has 0 bridgehead atoms. The average Bonchev–Trinajstić information content (AvgIpc) is 3.29. The van der Waals surface area contributed by atoms with Gasteiger partial charge in [0.1, 0.15) is 5.71 Å². The molecule has 0 spiro atoms. The monoisotopic (exact) mass is 382 g/mol. The summed E-state index contributed by atoms with van der Waals surface area (Å²) in [6.45, 7) is 0. The number of carbonyl (C=O) groups excluding carboxylic acids is 3. The minimum Gasteiger partial charge on any atom is -0.273 e. The van der Waals surface area contributed by atoms with Crippen molar-refractivity contribution >= 4 is 40.5 Å². The first kappa shape index (κ1) is 17.4. The number of rotatable bonds is 3. The summed E-state index contributed by atoms with van der Waals surface area (Å²) in [5.74, 6) is -1.02. The third-order valence-electron chi connectivity index (χ3n) is 4.56. The molecule has 1 aliphatic heterocycles. The molecule has 7 nitrogen and oxygen atoms in total. The van der Waals surface area contributed by atoms with Crippen molar-refractivity contribution < 1.29 is 14.4 Å². The summed E-state index contributed by atoms with van der Waals surface area (Å²) in [6.07, 6.45) is 3.57. The molecule has 1 aromatic heterocycles. The van der Waals surface area contributed by atoms with Crippen molar-refractivity contribution in [2.75, 3.05) is 5.01 Å². The fourth-order valence-electron chi connectivity index (χ4n) is 3.18. The molecule has 2 aliphatic rings. The van der Waals surface area contributed by atoms with Gasteiger partial charge in [0, 0.05) is 17.7 Å². The molecule has 138 valence electrons. The number of benzene rings is 1. The number of anilines is 1. The predicted octanol–water partition coefficient (Wildman–Crippen LogP) is 2.18. The molecule has 1 aromatic carbocycles. The number of para-hydroxylation sites is 1. The molecule has 0 unspecified atom stereocenters. The maximum atomic E-state index is 12.4. The molecule has 27 heavy (non-hydrogen) atoms. The van der Waals surface area contributed by atoms with Crippen molar-refractivity contribution in [3.05, 3.63) is 51.7 Å². The molecule has 0 radical (unpaired) electrons. The van der Waals surface area contributed by atoms with E-state index in [4.69, 9.17) is 0 Å². The van der Waals surface area contributed by atoms with Crippen LogP contribution >= 0.6 is 11.3 Å². The van der Waals surface area contributed by atoms with Crippen LogP contribution in [0.15, 0.2) is 41.5 Å².